The Morgan fingerprint density at radius 2 is 1.56 bits per heavy atom. The molecule has 1 fully saturated rings. The summed E-state index contributed by atoms with van der Waals surface area (Å²) in [5.41, 5.74) is 4.12. The molecule has 1 aromatic heterocycles. The van der Waals surface area contributed by atoms with Gasteiger partial charge in [-0.1, -0.05) is 60.8 Å². The summed E-state index contributed by atoms with van der Waals surface area (Å²) >= 11 is 0. The molecule has 0 radical (unpaired) electrons. The van der Waals surface area contributed by atoms with E-state index in [0.717, 1.165) is 16.7 Å². The second kappa shape index (κ2) is 7.19. The van der Waals surface area contributed by atoms with Crippen molar-refractivity contribution in [2.75, 3.05) is 0 Å². The minimum atomic E-state index is 0.0329. The number of benzene rings is 2. The van der Waals surface area contributed by atoms with Gasteiger partial charge in [0.2, 0.25) is 5.82 Å². The first-order chi connectivity index (χ1) is 12.3. The molecule has 0 aliphatic heterocycles. The van der Waals surface area contributed by atoms with Crippen LogP contribution in [0, 0.1) is 0 Å². The fourth-order valence-electron chi connectivity index (χ4n) is 3.55. The van der Waals surface area contributed by atoms with Crippen LogP contribution in [0.5, 0.6) is 0 Å². The first-order valence-corrected chi connectivity index (χ1v) is 8.98. The molecule has 2 aromatic carbocycles. The van der Waals surface area contributed by atoms with Gasteiger partial charge in [0.05, 0.1) is 6.61 Å². The van der Waals surface area contributed by atoms with Gasteiger partial charge < -0.3 is 9.63 Å². The van der Waals surface area contributed by atoms with E-state index >= 15 is 0 Å². The lowest BCUT2D eigenvalue weighted by Crippen LogP contribution is -2.04. The van der Waals surface area contributed by atoms with E-state index < -0.39 is 0 Å². The first kappa shape index (κ1) is 16.0. The lowest BCUT2D eigenvalue weighted by atomic mass is 9.84. The Hall–Kier alpha value is -2.46. The van der Waals surface area contributed by atoms with Gasteiger partial charge in [-0.15, -0.1) is 0 Å². The third-order valence-electron chi connectivity index (χ3n) is 5.05. The fraction of sp³-hybridized carbons (Fsp3) is 0.333. The number of hydrogen-bond acceptors (Lipinski definition) is 4. The van der Waals surface area contributed by atoms with E-state index in [-0.39, 0.29) is 6.61 Å². The van der Waals surface area contributed by atoms with Crippen LogP contribution in [-0.2, 0) is 6.61 Å². The van der Waals surface area contributed by atoms with E-state index in [1.807, 2.05) is 24.3 Å². The Kier molecular flexibility index (Phi) is 4.61. The highest BCUT2D eigenvalue weighted by atomic mass is 16.5. The molecular weight excluding hydrogens is 312 g/mol. The standard InChI is InChI=1S/C21H22N2O2/c24-14-15-6-8-18(9-7-15)20-22-21(25-23-20)19-12-10-17(11-13-19)16-4-2-1-3-5-16/h6-13,16,24H,1-5,14H2. The maximum absolute atomic E-state index is 9.12. The maximum Gasteiger partial charge on any atom is 0.258 e. The second-order valence-corrected chi connectivity index (χ2v) is 6.74. The molecule has 0 spiro atoms. The minimum absolute atomic E-state index is 0.0329. The molecule has 25 heavy (non-hydrogen) atoms. The van der Waals surface area contributed by atoms with E-state index in [1.165, 1.54) is 37.7 Å². The monoisotopic (exact) mass is 334 g/mol. The Bertz CT molecular complexity index is 816. The van der Waals surface area contributed by atoms with E-state index in [1.54, 1.807) is 0 Å². The number of aliphatic hydroxyl groups is 1. The van der Waals surface area contributed by atoms with Crippen molar-refractivity contribution in [2.24, 2.45) is 0 Å². The van der Waals surface area contributed by atoms with Crippen LogP contribution in [-0.4, -0.2) is 15.2 Å². The van der Waals surface area contributed by atoms with Crippen molar-refractivity contribution in [3.05, 3.63) is 59.7 Å². The molecule has 0 saturated heterocycles. The highest BCUT2D eigenvalue weighted by Gasteiger charge is 2.16. The van der Waals surface area contributed by atoms with Crippen LogP contribution in [0.15, 0.2) is 53.1 Å². The van der Waals surface area contributed by atoms with Crippen LogP contribution in [0.3, 0.4) is 0 Å². The van der Waals surface area contributed by atoms with Crippen molar-refractivity contribution in [1.29, 1.82) is 0 Å². The van der Waals surface area contributed by atoms with Crippen LogP contribution < -0.4 is 0 Å². The number of aromatic nitrogens is 2. The van der Waals surface area contributed by atoms with Crippen molar-refractivity contribution in [2.45, 2.75) is 44.6 Å². The van der Waals surface area contributed by atoms with Crippen LogP contribution in [0.4, 0.5) is 0 Å². The molecule has 4 heteroatoms. The molecular formula is C21H22N2O2. The van der Waals surface area contributed by atoms with Crippen molar-refractivity contribution in [3.8, 4) is 22.8 Å². The Morgan fingerprint density at radius 3 is 2.24 bits per heavy atom. The molecule has 4 rings (SSSR count). The van der Waals surface area contributed by atoms with Gasteiger partial charge in [0.25, 0.3) is 5.89 Å². The van der Waals surface area contributed by atoms with Gasteiger partial charge in [-0.05, 0) is 42.0 Å². The SMILES string of the molecule is OCc1ccc(-c2noc(-c3ccc(C4CCCCC4)cc3)n2)cc1. The molecule has 0 bridgehead atoms. The van der Waals surface area contributed by atoms with Crippen LogP contribution >= 0.6 is 0 Å². The molecule has 1 N–H and O–H groups in total. The highest BCUT2D eigenvalue weighted by molar-refractivity contribution is 5.60. The van der Waals surface area contributed by atoms with Crippen molar-refractivity contribution >= 4 is 0 Å². The van der Waals surface area contributed by atoms with Crippen molar-refractivity contribution in [3.63, 3.8) is 0 Å². The zero-order chi connectivity index (χ0) is 17.1. The topological polar surface area (TPSA) is 59.2 Å². The molecule has 0 unspecified atom stereocenters. The van der Waals surface area contributed by atoms with Crippen molar-refractivity contribution in [1.82, 2.24) is 10.1 Å². The van der Waals surface area contributed by atoms with Gasteiger partial charge >= 0.3 is 0 Å². The number of nitrogens with zero attached hydrogens (tertiary/aromatic N) is 2. The summed E-state index contributed by atoms with van der Waals surface area (Å²) in [4.78, 5) is 4.51. The van der Waals surface area contributed by atoms with Gasteiger partial charge in [0, 0.05) is 11.1 Å². The summed E-state index contributed by atoms with van der Waals surface area (Å²) in [7, 11) is 0. The second-order valence-electron chi connectivity index (χ2n) is 6.74. The molecule has 1 aliphatic rings. The zero-order valence-electron chi connectivity index (χ0n) is 14.2. The van der Waals surface area contributed by atoms with Crippen LogP contribution in [0.1, 0.15) is 49.1 Å². The summed E-state index contributed by atoms with van der Waals surface area (Å²) in [6.45, 7) is 0.0329. The van der Waals surface area contributed by atoms with Gasteiger partial charge in [0.1, 0.15) is 0 Å². The molecule has 4 nitrogen and oxygen atoms in total. The maximum atomic E-state index is 9.12. The quantitative estimate of drug-likeness (QED) is 0.734. The third kappa shape index (κ3) is 3.49. The Balaban J connectivity index is 1.53. The van der Waals surface area contributed by atoms with Gasteiger partial charge in [-0.3, -0.25) is 0 Å². The summed E-state index contributed by atoms with van der Waals surface area (Å²) in [6.07, 6.45) is 6.66. The molecule has 3 aromatic rings. The van der Waals surface area contributed by atoms with Crippen LogP contribution in [0.25, 0.3) is 22.8 Å². The molecule has 1 saturated carbocycles. The normalized spacial score (nSPS) is 15.4. The van der Waals surface area contributed by atoms with Gasteiger partial charge in [-0.25, -0.2) is 0 Å². The smallest absolute Gasteiger partial charge is 0.258 e. The summed E-state index contributed by atoms with van der Waals surface area (Å²) in [5.74, 6) is 1.80. The largest absolute Gasteiger partial charge is 0.392 e. The van der Waals surface area contributed by atoms with E-state index in [0.29, 0.717) is 17.6 Å². The number of aliphatic hydroxyl groups excluding tert-OH is 1. The van der Waals surface area contributed by atoms with E-state index in [9.17, 15) is 0 Å². The predicted molar refractivity (Wildman–Crippen MR) is 96.9 cm³/mol. The first-order valence-electron chi connectivity index (χ1n) is 8.98. The third-order valence-corrected chi connectivity index (χ3v) is 5.05. The zero-order valence-corrected chi connectivity index (χ0v) is 14.2. The van der Waals surface area contributed by atoms with E-state index in [2.05, 4.69) is 34.4 Å². The predicted octanol–water partition coefficient (Wildman–Crippen LogP) is 4.94. The lowest BCUT2D eigenvalue weighted by Gasteiger charge is -2.21. The fourth-order valence-corrected chi connectivity index (χ4v) is 3.55. The Labute approximate surface area is 147 Å². The number of rotatable bonds is 4. The van der Waals surface area contributed by atoms with Gasteiger partial charge in [-0.2, -0.15) is 4.98 Å². The van der Waals surface area contributed by atoms with Crippen molar-refractivity contribution < 1.29 is 9.63 Å². The van der Waals surface area contributed by atoms with Gasteiger partial charge in [0.15, 0.2) is 0 Å². The lowest BCUT2D eigenvalue weighted by molar-refractivity contribution is 0.282. The number of hydrogen-bond donors (Lipinski definition) is 1. The Morgan fingerprint density at radius 1 is 0.880 bits per heavy atom. The average molecular weight is 334 g/mol. The summed E-state index contributed by atoms with van der Waals surface area (Å²) < 4.78 is 5.44. The highest BCUT2D eigenvalue weighted by Crippen LogP contribution is 2.33. The minimum Gasteiger partial charge on any atom is -0.392 e. The molecule has 1 heterocycles. The molecule has 1 aliphatic carbocycles. The molecule has 128 valence electrons. The average Bonchev–Trinajstić information content (AvgIpc) is 3.19. The summed E-state index contributed by atoms with van der Waals surface area (Å²) in [6, 6.07) is 16.1. The molecule has 0 atom stereocenters. The summed E-state index contributed by atoms with van der Waals surface area (Å²) in [5, 5.41) is 13.2. The molecule has 0 amide bonds. The van der Waals surface area contributed by atoms with Crippen LogP contribution in [0.2, 0.25) is 0 Å². The van der Waals surface area contributed by atoms with E-state index in [4.69, 9.17) is 9.63 Å².